The van der Waals surface area contributed by atoms with Gasteiger partial charge < -0.3 is 0 Å². The first-order valence-electron chi connectivity index (χ1n) is 3.32. The highest BCUT2D eigenvalue weighted by Gasteiger charge is 1.99. The normalized spacial score (nSPS) is 11.3. The van der Waals surface area contributed by atoms with Gasteiger partial charge in [-0.1, -0.05) is 30.3 Å². The molecule has 0 saturated heterocycles. The molecule has 1 aromatic rings. The number of carbonyl (C=O) groups excluding carboxylic acids is 1. The molecule has 0 N–H and O–H groups in total. The smallest absolute Gasteiger partial charge is 0.248 e. The van der Waals surface area contributed by atoms with Crippen LogP contribution in [0.4, 0.5) is 4.39 Å². The van der Waals surface area contributed by atoms with Crippen LogP contribution in [0.15, 0.2) is 36.4 Å². The van der Waals surface area contributed by atoms with Gasteiger partial charge in [0, 0.05) is 11.6 Å². The van der Waals surface area contributed by atoms with E-state index in [0.717, 1.165) is 6.08 Å². The molecule has 1 rings (SSSR count). The van der Waals surface area contributed by atoms with Crippen LogP contribution in [0.1, 0.15) is 5.56 Å². The van der Waals surface area contributed by atoms with E-state index >= 15 is 0 Å². The van der Waals surface area contributed by atoms with Crippen molar-refractivity contribution in [2.24, 2.45) is 0 Å². The van der Waals surface area contributed by atoms with Crippen LogP contribution in [-0.4, -0.2) is 5.24 Å². The van der Waals surface area contributed by atoms with E-state index in [-0.39, 0.29) is 0 Å². The van der Waals surface area contributed by atoms with Gasteiger partial charge in [-0.15, -0.1) is 0 Å². The summed E-state index contributed by atoms with van der Waals surface area (Å²) < 4.78 is 12.9. The van der Waals surface area contributed by atoms with Crippen LogP contribution in [-0.2, 0) is 4.79 Å². The van der Waals surface area contributed by atoms with Gasteiger partial charge in [0.25, 0.3) is 0 Å². The number of allylic oxidation sites excluding steroid dienone is 1. The van der Waals surface area contributed by atoms with Crippen molar-refractivity contribution in [2.75, 3.05) is 0 Å². The average molecular weight is 185 g/mol. The highest BCUT2D eigenvalue weighted by Crippen LogP contribution is 2.14. The lowest BCUT2D eigenvalue weighted by atomic mass is 10.2. The van der Waals surface area contributed by atoms with E-state index in [1.54, 1.807) is 30.3 Å². The van der Waals surface area contributed by atoms with Crippen LogP contribution in [0.25, 0.3) is 5.83 Å². The maximum Gasteiger partial charge on any atom is 0.248 e. The fourth-order valence-electron chi connectivity index (χ4n) is 0.780. The van der Waals surface area contributed by atoms with E-state index in [2.05, 4.69) is 0 Å². The molecule has 0 atom stereocenters. The highest BCUT2D eigenvalue weighted by atomic mass is 35.5. The molecule has 0 aliphatic rings. The Bertz CT molecular complexity index is 306. The van der Waals surface area contributed by atoms with E-state index in [4.69, 9.17) is 11.6 Å². The Morgan fingerprint density at radius 1 is 1.33 bits per heavy atom. The number of benzene rings is 1. The van der Waals surface area contributed by atoms with Crippen molar-refractivity contribution >= 4 is 22.7 Å². The molecule has 1 nitrogen and oxygen atoms in total. The number of carbonyl (C=O) groups is 1. The maximum atomic E-state index is 12.9. The second-order valence-electron chi connectivity index (χ2n) is 2.16. The summed E-state index contributed by atoms with van der Waals surface area (Å²) in [5, 5.41) is -0.809. The Morgan fingerprint density at radius 2 is 1.92 bits per heavy atom. The second kappa shape index (κ2) is 4.02. The van der Waals surface area contributed by atoms with Gasteiger partial charge in [-0.2, -0.15) is 0 Å². The van der Waals surface area contributed by atoms with E-state index in [9.17, 15) is 9.18 Å². The van der Waals surface area contributed by atoms with Crippen molar-refractivity contribution in [1.82, 2.24) is 0 Å². The fourth-order valence-corrected chi connectivity index (χ4v) is 0.876. The number of halogens is 2. The minimum Gasteiger partial charge on any atom is -0.276 e. The van der Waals surface area contributed by atoms with Gasteiger partial charge in [-0.3, -0.25) is 4.79 Å². The Labute approximate surface area is 74.5 Å². The third kappa shape index (κ3) is 2.47. The Balaban J connectivity index is 2.93. The summed E-state index contributed by atoms with van der Waals surface area (Å²) >= 11 is 4.97. The van der Waals surface area contributed by atoms with Crippen molar-refractivity contribution in [3.8, 4) is 0 Å². The number of hydrogen-bond donors (Lipinski definition) is 0. The maximum absolute atomic E-state index is 12.9. The van der Waals surface area contributed by atoms with Crippen molar-refractivity contribution in [1.29, 1.82) is 0 Å². The molecule has 0 saturated carbocycles. The molecule has 0 amide bonds. The highest BCUT2D eigenvalue weighted by molar-refractivity contribution is 6.66. The molecule has 1 aromatic carbocycles. The van der Waals surface area contributed by atoms with Gasteiger partial charge >= 0.3 is 0 Å². The predicted octanol–water partition coefficient (Wildman–Crippen LogP) is 2.76. The van der Waals surface area contributed by atoms with Crippen LogP contribution in [0.5, 0.6) is 0 Å². The molecule has 0 aliphatic carbocycles. The molecule has 62 valence electrons. The van der Waals surface area contributed by atoms with E-state index < -0.39 is 11.1 Å². The fraction of sp³-hybridized carbons (Fsp3) is 0. The average Bonchev–Trinajstić information content (AvgIpc) is 2.05. The third-order valence-corrected chi connectivity index (χ3v) is 1.40. The summed E-state index contributed by atoms with van der Waals surface area (Å²) in [6.07, 6.45) is 0.747. The first-order valence-corrected chi connectivity index (χ1v) is 3.70. The minimum atomic E-state index is -0.809. The molecule has 0 fully saturated rings. The van der Waals surface area contributed by atoms with Crippen LogP contribution >= 0.6 is 11.6 Å². The van der Waals surface area contributed by atoms with E-state index in [0.29, 0.717) is 5.56 Å². The van der Waals surface area contributed by atoms with Gasteiger partial charge in [0.15, 0.2) is 0 Å². The van der Waals surface area contributed by atoms with Crippen molar-refractivity contribution in [3.63, 3.8) is 0 Å². The molecule has 0 unspecified atom stereocenters. The van der Waals surface area contributed by atoms with Crippen LogP contribution in [0.2, 0.25) is 0 Å². The Hall–Kier alpha value is -1.15. The molecule has 0 heterocycles. The molecule has 0 bridgehead atoms. The van der Waals surface area contributed by atoms with Gasteiger partial charge in [0.2, 0.25) is 5.24 Å². The monoisotopic (exact) mass is 184 g/mol. The lowest BCUT2D eigenvalue weighted by Crippen LogP contribution is -1.81. The molecule has 0 radical (unpaired) electrons. The molecule has 3 heteroatoms. The Morgan fingerprint density at radius 3 is 2.42 bits per heavy atom. The first kappa shape index (κ1) is 8.94. The van der Waals surface area contributed by atoms with E-state index in [1.165, 1.54) is 0 Å². The lowest BCUT2D eigenvalue weighted by molar-refractivity contribution is -0.107. The van der Waals surface area contributed by atoms with Gasteiger partial charge in [0.05, 0.1) is 0 Å². The summed E-state index contributed by atoms with van der Waals surface area (Å²) in [5.41, 5.74) is 0.353. The zero-order valence-corrected chi connectivity index (χ0v) is 6.88. The third-order valence-electron chi connectivity index (χ3n) is 1.29. The zero-order chi connectivity index (χ0) is 8.97. The summed E-state index contributed by atoms with van der Waals surface area (Å²) in [5.74, 6) is -0.615. The molecular formula is C9H6ClFO. The van der Waals surface area contributed by atoms with E-state index in [1.807, 2.05) is 0 Å². The molecule has 0 spiro atoms. The van der Waals surface area contributed by atoms with Crippen LogP contribution in [0, 0.1) is 0 Å². The van der Waals surface area contributed by atoms with Gasteiger partial charge in [-0.25, -0.2) is 4.39 Å². The molecule has 12 heavy (non-hydrogen) atoms. The molecule has 0 aromatic heterocycles. The van der Waals surface area contributed by atoms with Crippen LogP contribution in [0.3, 0.4) is 0 Å². The van der Waals surface area contributed by atoms with Gasteiger partial charge in [0.1, 0.15) is 5.83 Å². The Kier molecular flexibility index (Phi) is 3.00. The summed E-state index contributed by atoms with van der Waals surface area (Å²) in [4.78, 5) is 10.3. The van der Waals surface area contributed by atoms with Crippen molar-refractivity contribution in [3.05, 3.63) is 42.0 Å². The minimum absolute atomic E-state index is 0.353. The SMILES string of the molecule is O=C(Cl)C=C(F)c1ccccc1. The summed E-state index contributed by atoms with van der Waals surface area (Å²) in [6, 6.07) is 8.25. The van der Waals surface area contributed by atoms with Crippen molar-refractivity contribution < 1.29 is 9.18 Å². The first-order chi connectivity index (χ1) is 5.70. The predicted molar refractivity (Wildman–Crippen MR) is 46.4 cm³/mol. The number of hydrogen-bond acceptors (Lipinski definition) is 1. The standard InChI is InChI=1S/C9H6ClFO/c10-9(12)6-8(11)7-4-2-1-3-5-7/h1-6H. The summed E-state index contributed by atoms with van der Waals surface area (Å²) in [6.45, 7) is 0. The quantitative estimate of drug-likeness (QED) is 0.510. The largest absolute Gasteiger partial charge is 0.276 e. The zero-order valence-electron chi connectivity index (χ0n) is 6.13. The number of rotatable bonds is 2. The summed E-state index contributed by atoms with van der Waals surface area (Å²) in [7, 11) is 0. The molecule has 0 aliphatic heterocycles. The second-order valence-corrected chi connectivity index (χ2v) is 2.53. The van der Waals surface area contributed by atoms with Crippen LogP contribution < -0.4 is 0 Å². The van der Waals surface area contributed by atoms with Crippen molar-refractivity contribution in [2.45, 2.75) is 0 Å². The van der Waals surface area contributed by atoms with Gasteiger partial charge in [-0.05, 0) is 11.6 Å². The molecular weight excluding hydrogens is 179 g/mol. The topological polar surface area (TPSA) is 17.1 Å². The lowest BCUT2D eigenvalue weighted by Gasteiger charge is -1.93.